The molecule has 0 unspecified atom stereocenters. The Hall–Kier alpha value is -13.9. The van der Waals surface area contributed by atoms with E-state index < -0.39 is 0 Å². The van der Waals surface area contributed by atoms with Crippen molar-refractivity contribution in [3.05, 3.63) is 392 Å². The van der Waals surface area contributed by atoms with E-state index in [9.17, 15) is 14.4 Å². The van der Waals surface area contributed by atoms with E-state index in [0.29, 0.717) is 0 Å². The van der Waals surface area contributed by atoms with Gasteiger partial charge in [-0.05, 0) is 232 Å². The summed E-state index contributed by atoms with van der Waals surface area (Å²) in [6.45, 7) is 17.1. The Morgan fingerprint density at radius 3 is 0.841 bits per heavy atom. The zero-order valence-corrected chi connectivity index (χ0v) is 88.6. The fourth-order valence-electron chi connectivity index (χ4n) is 17.3. The molecule has 697 valence electrons. The molecule has 0 spiro atoms. The van der Waals surface area contributed by atoms with Gasteiger partial charge in [-0.1, -0.05) is 255 Å². The number of aliphatic hydroxyl groups excluding tert-OH is 3. The number of nitrogens with zero attached hydrogens (tertiary/aromatic N) is 10. The molecule has 0 bridgehead atoms. The standard InChI is InChI=1S/3C22H15N2.C18H13N2.C17H9N2O.3C5H8O2.5Ir/c3*1-14-10-11-18-17-8-4-5-9-19(17)24-22(18)20(14)21-16-7-3-2-6-15(16)12-13-23-21;1-12-9-10-14-13-6-2-3-7-15(13)20-18(14)17(12)16-8-4-5-11-19-16;1-2-5-12-10(4-1)11-7-8-13-15(16(11)19-12)17-14(20-13)6-3-9-18-17;3*1-4(6)3-5(2)7;;;;;/h3*2-13H,1H3;2-11H,1H3;1-9H;3*3,6H,1-2H3;;;;;/q5*-1;;;;;;;;. The Kier molecular flexibility index (Phi) is 34.5. The Bertz CT molecular complexity index is 8130. The third kappa shape index (κ3) is 22.2. The largest absolute Gasteiger partial charge is 0.656 e. The number of aliphatic hydroxyl groups is 3. The van der Waals surface area contributed by atoms with Crippen LogP contribution in [0, 0.1) is 27.7 Å². The van der Waals surface area contributed by atoms with Gasteiger partial charge in [0.2, 0.25) is 0 Å². The minimum absolute atomic E-state index is 0. The van der Waals surface area contributed by atoms with Gasteiger partial charge in [-0.2, -0.15) is 0 Å². The maximum absolute atomic E-state index is 10.0. The van der Waals surface area contributed by atoms with Gasteiger partial charge < -0.3 is 44.7 Å². The third-order valence-corrected chi connectivity index (χ3v) is 22.9. The van der Waals surface area contributed by atoms with Crippen LogP contribution >= 0.6 is 0 Å². The van der Waals surface area contributed by atoms with Crippen molar-refractivity contribution in [1.82, 2.24) is 49.8 Å². The predicted molar refractivity (Wildman–Crippen MR) is 545 cm³/mol. The molecule has 138 heavy (non-hydrogen) atoms. The quantitative estimate of drug-likeness (QED) is 0.0989. The molecule has 0 aliphatic rings. The SMILES string of the molecule is CC(=O)C=C(C)O.CC(=O)C=C(C)O.CC(=O)C=C(C)O.Cc1ccc2c([n-]c3ccccc32)c1-c1ccccn1.Cc1ccc2c([n-]c3ccccc32)c1-c1nccc2ccccc12.Cc1ccc2c([n-]c3ccccc32)c1-c1nccc2ccccc12.Cc1ccc2c([n-]c3ccccc32)c1-c1nccc2ccccc12.[Ir].[Ir].[Ir].[Ir].[Ir].c1ccc2c(c1)[n-]c1c2ccc2oc3cccnc3c21. The third-order valence-electron chi connectivity index (χ3n) is 22.9. The molecule has 17 nitrogen and oxygen atoms in total. The minimum Gasteiger partial charge on any atom is -0.656 e. The molecule has 0 atom stereocenters. The number of furan rings is 1. The smallest absolute Gasteiger partial charge is 0.155 e. The van der Waals surface area contributed by atoms with Gasteiger partial charge in [-0.15, -0.1) is 55.2 Å². The molecule has 0 fully saturated rings. The van der Waals surface area contributed by atoms with E-state index in [1.54, 1.807) is 6.20 Å². The summed E-state index contributed by atoms with van der Waals surface area (Å²) >= 11 is 0. The van der Waals surface area contributed by atoms with E-state index >= 15 is 0 Å². The summed E-state index contributed by atoms with van der Waals surface area (Å²) in [6, 6.07) is 104. The summed E-state index contributed by atoms with van der Waals surface area (Å²) in [5, 5.41) is 45.1. The van der Waals surface area contributed by atoms with Gasteiger partial charge >= 0.3 is 0 Å². The van der Waals surface area contributed by atoms with Crippen LogP contribution in [0.3, 0.4) is 0 Å². The van der Waals surface area contributed by atoms with E-state index in [1.165, 1.54) is 163 Å². The van der Waals surface area contributed by atoms with Crippen LogP contribution < -0.4 is 24.9 Å². The number of carbonyl (C=O) groups is 3. The van der Waals surface area contributed by atoms with Crippen molar-refractivity contribution in [2.75, 3.05) is 0 Å². The van der Waals surface area contributed by atoms with Gasteiger partial charge in [-0.3, -0.25) is 39.3 Å². The van der Waals surface area contributed by atoms with Crippen molar-refractivity contribution in [3.63, 3.8) is 0 Å². The van der Waals surface area contributed by atoms with E-state index in [4.69, 9.17) is 59.6 Å². The average molecular weight is 2700 g/mol. The van der Waals surface area contributed by atoms with Crippen LogP contribution in [-0.4, -0.2) is 57.6 Å². The molecule has 5 radical (unpaired) electrons. The maximum Gasteiger partial charge on any atom is 0.155 e. The van der Waals surface area contributed by atoms with E-state index in [0.717, 1.165) is 128 Å². The first kappa shape index (κ1) is 103. The van der Waals surface area contributed by atoms with E-state index in [1.807, 2.05) is 104 Å². The van der Waals surface area contributed by atoms with Crippen molar-refractivity contribution < 1.29 is 135 Å². The summed E-state index contributed by atoms with van der Waals surface area (Å²) < 4.78 is 5.85. The second-order valence-corrected chi connectivity index (χ2v) is 32.6. The number of aromatic nitrogens is 10. The topological polar surface area (TPSA) is 260 Å². The zero-order chi connectivity index (χ0) is 92.5. The Labute approximate surface area is 863 Å². The fraction of sp³-hybridized carbons (Fsp3) is 0.0862. The first-order valence-corrected chi connectivity index (χ1v) is 43.6. The number of benzene rings is 13. The fourth-order valence-corrected chi connectivity index (χ4v) is 17.3. The molecule has 24 rings (SSSR count). The number of ketones is 3. The van der Waals surface area contributed by atoms with Crippen molar-refractivity contribution in [3.8, 4) is 45.0 Å². The van der Waals surface area contributed by atoms with Gasteiger partial charge in [0, 0.05) is 171 Å². The number of hydrogen-bond donors (Lipinski definition) is 3. The molecule has 0 amide bonds. The van der Waals surface area contributed by atoms with Crippen LogP contribution in [0.5, 0.6) is 0 Å². The molecule has 3 N–H and O–H groups in total. The number of hydrogen-bond acceptors (Lipinski definition) is 12. The second-order valence-electron chi connectivity index (χ2n) is 32.6. The number of para-hydroxylation sites is 5. The van der Waals surface area contributed by atoms with Crippen LogP contribution in [0.1, 0.15) is 63.8 Å². The molecule has 11 aromatic heterocycles. The number of carbonyl (C=O) groups excluding carboxylic acids is 3. The molecule has 0 aliphatic carbocycles. The summed E-state index contributed by atoms with van der Waals surface area (Å²) in [5.74, 6) is -0.187. The number of pyridine rings is 5. The molecule has 0 saturated heterocycles. The molecular formula is C116H91Ir5N10O7-5. The Morgan fingerprint density at radius 2 is 0.529 bits per heavy atom. The van der Waals surface area contributed by atoms with Crippen molar-refractivity contribution in [2.24, 2.45) is 0 Å². The van der Waals surface area contributed by atoms with Crippen LogP contribution in [0.4, 0.5) is 0 Å². The van der Waals surface area contributed by atoms with Gasteiger partial charge in [0.05, 0.1) is 40.1 Å². The van der Waals surface area contributed by atoms with Crippen LogP contribution in [-0.2, 0) is 115 Å². The first-order chi connectivity index (χ1) is 64.6. The number of aryl methyl sites for hydroxylation is 4. The second kappa shape index (κ2) is 46.3. The van der Waals surface area contributed by atoms with Gasteiger partial charge in [0.25, 0.3) is 0 Å². The normalized spacial score (nSPS) is 11.1. The summed E-state index contributed by atoms with van der Waals surface area (Å²) in [4.78, 5) is 77.5. The molecule has 11 heterocycles. The molecule has 24 aromatic rings. The zero-order valence-electron chi connectivity index (χ0n) is 76.6. The predicted octanol–water partition coefficient (Wildman–Crippen LogP) is 28.1. The molecule has 0 aliphatic heterocycles. The Morgan fingerprint density at radius 1 is 0.254 bits per heavy atom. The summed E-state index contributed by atoms with van der Waals surface area (Å²) in [7, 11) is 0. The minimum atomic E-state index is -0.125. The Balaban J connectivity index is 0.000000146. The monoisotopic (exact) mass is 2700 g/mol. The number of fused-ring (bicyclic) bond motifs is 22. The van der Waals surface area contributed by atoms with Gasteiger partial charge in [0.15, 0.2) is 22.9 Å². The maximum atomic E-state index is 10.0. The summed E-state index contributed by atoms with van der Waals surface area (Å²) in [6.07, 6.45) is 12.8. The summed E-state index contributed by atoms with van der Waals surface area (Å²) in [5.41, 5.74) is 26.3. The molecule has 13 aromatic carbocycles. The van der Waals surface area contributed by atoms with Crippen LogP contribution in [0.25, 0.3) is 208 Å². The average Bonchev–Trinajstić information content (AvgIpc) is 1.58. The van der Waals surface area contributed by atoms with Gasteiger partial charge in [-0.25, -0.2) is 0 Å². The first-order valence-electron chi connectivity index (χ1n) is 43.6. The van der Waals surface area contributed by atoms with Crippen LogP contribution in [0.2, 0.25) is 0 Å². The molecule has 0 saturated carbocycles. The van der Waals surface area contributed by atoms with E-state index in [2.05, 4.69) is 262 Å². The number of allylic oxidation sites excluding steroid dienone is 6. The van der Waals surface area contributed by atoms with E-state index in [-0.39, 0.29) is 135 Å². The molecule has 22 heteroatoms. The molecular weight excluding hydrogens is 2610 g/mol. The number of rotatable bonds is 7. The van der Waals surface area contributed by atoms with Gasteiger partial charge in [0.1, 0.15) is 11.1 Å². The van der Waals surface area contributed by atoms with Crippen molar-refractivity contribution in [1.29, 1.82) is 0 Å². The van der Waals surface area contributed by atoms with Crippen molar-refractivity contribution >= 4 is 181 Å². The van der Waals surface area contributed by atoms with Crippen LogP contribution in [0.15, 0.2) is 374 Å². The van der Waals surface area contributed by atoms with Crippen molar-refractivity contribution in [2.45, 2.75) is 69.2 Å².